The molecule has 1 aliphatic rings. The van der Waals surface area contributed by atoms with Crippen molar-refractivity contribution in [2.45, 2.75) is 24.7 Å². The SMILES string of the molecule is NCC1(c2ccc([N+](=O)[O-])c(F)c2)CCC1. The summed E-state index contributed by atoms with van der Waals surface area (Å²) >= 11 is 0. The Kier molecular flexibility index (Phi) is 2.63. The van der Waals surface area contributed by atoms with Crippen molar-refractivity contribution in [3.63, 3.8) is 0 Å². The summed E-state index contributed by atoms with van der Waals surface area (Å²) in [6.45, 7) is 0.463. The maximum Gasteiger partial charge on any atom is 0.304 e. The van der Waals surface area contributed by atoms with Crippen molar-refractivity contribution in [3.05, 3.63) is 39.7 Å². The molecular weight excluding hydrogens is 211 g/mol. The first-order chi connectivity index (χ1) is 7.59. The van der Waals surface area contributed by atoms with E-state index in [0.717, 1.165) is 24.8 Å². The molecular formula is C11H13FN2O2. The van der Waals surface area contributed by atoms with E-state index < -0.39 is 16.4 Å². The lowest BCUT2D eigenvalue weighted by atomic mass is 9.64. The van der Waals surface area contributed by atoms with Crippen LogP contribution in [0.5, 0.6) is 0 Å². The lowest BCUT2D eigenvalue weighted by Crippen LogP contribution is -2.41. The van der Waals surface area contributed by atoms with Crippen LogP contribution >= 0.6 is 0 Å². The Morgan fingerprint density at radius 2 is 2.19 bits per heavy atom. The molecule has 1 aromatic rings. The summed E-state index contributed by atoms with van der Waals surface area (Å²) < 4.78 is 13.4. The fraction of sp³-hybridized carbons (Fsp3) is 0.455. The summed E-state index contributed by atoms with van der Waals surface area (Å²) in [5.74, 6) is -0.776. The predicted molar refractivity (Wildman–Crippen MR) is 57.6 cm³/mol. The molecule has 2 N–H and O–H groups in total. The summed E-state index contributed by atoms with van der Waals surface area (Å²) in [5, 5.41) is 10.5. The molecule has 1 fully saturated rings. The summed E-state index contributed by atoms with van der Waals surface area (Å²) in [5.41, 5.74) is 5.84. The lowest BCUT2D eigenvalue weighted by Gasteiger charge is -2.41. The maximum absolute atomic E-state index is 13.4. The van der Waals surface area contributed by atoms with Gasteiger partial charge in [0.15, 0.2) is 0 Å². The number of nitrogens with zero attached hydrogens (tertiary/aromatic N) is 1. The minimum Gasteiger partial charge on any atom is -0.330 e. The van der Waals surface area contributed by atoms with E-state index in [9.17, 15) is 14.5 Å². The van der Waals surface area contributed by atoms with Gasteiger partial charge in [-0.15, -0.1) is 0 Å². The Labute approximate surface area is 92.4 Å². The number of rotatable bonds is 3. The molecule has 0 heterocycles. The second-order valence-electron chi connectivity index (χ2n) is 4.26. The number of nitro groups is 1. The third-order valence-electron chi connectivity index (χ3n) is 3.46. The molecule has 0 bridgehead atoms. The van der Waals surface area contributed by atoms with Crippen LogP contribution in [0.15, 0.2) is 18.2 Å². The van der Waals surface area contributed by atoms with Crippen LogP contribution in [0.25, 0.3) is 0 Å². The second kappa shape index (κ2) is 3.83. The quantitative estimate of drug-likeness (QED) is 0.631. The van der Waals surface area contributed by atoms with Gasteiger partial charge in [-0.25, -0.2) is 0 Å². The second-order valence-corrected chi connectivity index (χ2v) is 4.26. The van der Waals surface area contributed by atoms with Gasteiger partial charge in [-0.05, 0) is 24.5 Å². The van der Waals surface area contributed by atoms with E-state index in [2.05, 4.69) is 0 Å². The van der Waals surface area contributed by atoms with E-state index in [4.69, 9.17) is 5.73 Å². The van der Waals surface area contributed by atoms with Gasteiger partial charge in [0.1, 0.15) is 0 Å². The molecule has 0 radical (unpaired) electrons. The van der Waals surface area contributed by atoms with Crippen LogP contribution < -0.4 is 5.73 Å². The van der Waals surface area contributed by atoms with Crippen molar-refractivity contribution in [2.24, 2.45) is 5.73 Å². The predicted octanol–water partition coefficient (Wildman–Crippen LogP) is 2.11. The average molecular weight is 224 g/mol. The van der Waals surface area contributed by atoms with Crippen molar-refractivity contribution in [1.82, 2.24) is 0 Å². The lowest BCUT2D eigenvalue weighted by molar-refractivity contribution is -0.387. The van der Waals surface area contributed by atoms with Crippen molar-refractivity contribution in [1.29, 1.82) is 0 Å². The minimum atomic E-state index is -0.776. The standard InChI is InChI=1S/C11H13FN2O2/c12-9-6-8(2-3-10(9)14(15)16)11(7-13)4-1-5-11/h2-3,6H,1,4-5,7,13H2. The smallest absolute Gasteiger partial charge is 0.304 e. The molecule has 0 amide bonds. The maximum atomic E-state index is 13.4. The van der Waals surface area contributed by atoms with Crippen molar-refractivity contribution >= 4 is 5.69 Å². The van der Waals surface area contributed by atoms with Gasteiger partial charge in [-0.2, -0.15) is 4.39 Å². The third kappa shape index (κ3) is 1.57. The molecule has 86 valence electrons. The van der Waals surface area contributed by atoms with E-state index in [-0.39, 0.29) is 5.41 Å². The van der Waals surface area contributed by atoms with Gasteiger partial charge in [-0.3, -0.25) is 10.1 Å². The number of hydrogen-bond donors (Lipinski definition) is 1. The van der Waals surface area contributed by atoms with Crippen LogP contribution in [-0.4, -0.2) is 11.5 Å². The molecule has 1 saturated carbocycles. The molecule has 1 aliphatic carbocycles. The molecule has 0 unspecified atom stereocenters. The first-order valence-corrected chi connectivity index (χ1v) is 5.23. The zero-order chi connectivity index (χ0) is 11.8. The minimum absolute atomic E-state index is 0.157. The van der Waals surface area contributed by atoms with Gasteiger partial charge >= 0.3 is 5.69 Å². The highest BCUT2D eigenvalue weighted by Crippen LogP contribution is 2.43. The van der Waals surface area contributed by atoms with E-state index in [1.54, 1.807) is 6.07 Å². The van der Waals surface area contributed by atoms with Gasteiger partial charge in [-0.1, -0.05) is 12.5 Å². The monoisotopic (exact) mass is 224 g/mol. The normalized spacial score (nSPS) is 17.9. The molecule has 4 nitrogen and oxygen atoms in total. The van der Waals surface area contributed by atoms with Crippen LogP contribution in [0.1, 0.15) is 24.8 Å². The Hall–Kier alpha value is -1.49. The zero-order valence-corrected chi connectivity index (χ0v) is 8.78. The highest BCUT2D eigenvalue weighted by molar-refractivity contribution is 5.39. The van der Waals surface area contributed by atoms with E-state index >= 15 is 0 Å². The van der Waals surface area contributed by atoms with E-state index in [1.807, 2.05) is 0 Å². The topological polar surface area (TPSA) is 69.2 Å². The fourth-order valence-corrected chi connectivity index (χ4v) is 2.20. The largest absolute Gasteiger partial charge is 0.330 e. The van der Waals surface area contributed by atoms with Gasteiger partial charge in [0, 0.05) is 18.0 Å². The number of nitrogens with two attached hydrogens (primary N) is 1. The molecule has 2 rings (SSSR count). The van der Waals surface area contributed by atoms with Crippen LogP contribution in [0, 0.1) is 15.9 Å². The van der Waals surface area contributed by atoms with E-state index in [1.165, 1.54) is 12.1 Å². The molecule has 0 saturated heterocycles. The van der Waals surface area contributed by atoms with Gasteiger partial charge < -0.3 is 5.73 Å². The van der Waals surface area contributed by atoms with Crippen LogP contribution in [0.4, 0.5) is 10.1 Å². The molecule has 0 aliphatic heterocycles. The number of hydrogen-bond acceptors (Lipinski definition) is 3. The Morgan fingerprint density at radius 1 is 1.50 bits per heavy atom. The van der Waals surface area contributed by atoms with Gasteiger partial charge in [0.25, 0.3) is 0 Å². The van der Waals surface area contributed by atoms with Crippen LogP contribution in [0.3, 0.4) is 0 Å². The summed E-state index contributed by atoms with van der Waals surface area (Å²) in [7, 11) is 0. The van der Waals surface area contributed by atoms with E-state index in [0.29, 0.717) is 6.54 Å². The van der Waals surface area contributed by atoms with Crippen molar-refractivity contribution < 1.29 is 9.31 Å². The average Bonchev–Trinajstić information content (AvgIpc) is 2.16. The van der Waals surface area contributed by atoms with Crippen molar-refractivity contribution in [2.75, 3.05) is 6.54 Å². The number of nitro benzene ring substituents is 1. The Balaban J connectivity index is 2.37. The Morgan fingerprint density at radius 3 is 2.56 bits per heavy atom. The van der Waals surface area contributed by atoms with Crippen molar-refractivity contribution in [3.8, 4) is 0 Å². The first kappa shape index (κ1) is 11.0. The molecule has 0 atom stereocenters. The number of benzene rings is 1. The summed E-state index contributed by atoms with van der Waals surface area (Å²) in [6.07, 6.45) is 2.94. The van der Waals surface area contributed by atoms with Crippen LogP contribution in [-0.2, 0) is 5.41 Å². The number of halogens is 1. The Bertz CT molecular complexity index is 424. The van der Waals surface area contributed by atoms with Gasteiger partial charge in [0.2, 0.25) is 5.82 Å². The highest BCUT2D eigenvalue weighted by Gasteiger charge is 2.38. The zero-order valence-electron chi connectivity index (χ0n) is 8.78. The summed E-state index contributed by atoms with van der Waals surface area (Å²) in [6, 6.07) is 4.10. The fourth-order valence-electron chi connectivity index (χ4n) is 2.20. The third-order valence-corrected chi connectivity index (χ3v) is 3.46. The molecule has 16 heavy (non-hydrogen) atoms. The molecule has 0 aromatic heterocycles. The van der Waals surface area contributed by atoms with Gasteiger partial charge in [0.05, 0.1) is 4.92 Å². The molecule has 5 heteroatoms. The summed E-state index contributed by atoms with van der Waals surface area (Å²) in [4.78, 5) is 9.76. The first-order valence-electron chi connectivity index (χ1n) is 5.23. The molecule has 0 spiro atoms. The highest BCUT2D eigenvalue weighted by atomic mass is 19.1. The molecule has 1 aromatic carbocycles. The van der Waals surface area contributed by atoms with Crippen LogP contribution in [0.2, 0.25) is 0 Å².